The molecule has 0 saturated carbocycles. The Labute approximate surface area is 195 Å². The van der Waals surface area contributed by atoms with Crippen LogP contribution in [0.25, 0.3) is 0 Å². The fraction of sp³-hybridized carbons (Fsp3) is 0.550. The van der Waals surface area contributed by atoms with E-state index in [4.69, 9.17) is 4.99 Å². The maximum atomic E-state index is 4.87. The summed E-state index contributed by atoms with van der Waals surface area (Å²) in [4.78, 5) is 9.67. The van der Waals surface area contributed by atoms with E-state index in [9.17, 15) is 0 Å². The van der Waals surface area contributed by atoms with Gasteiger partial charge in [-0.15, -0.1) is 34.2 Å². The molecule has 0 spiro atoms. The summed E-state index contributed by atoms with van der Waals surface area (Å²) in [5, 5.41) is 11.9. The van der Waals surface area contributed by atoms with Gasteiger partial charge in [0.1, 0.15) is 12.4 Å². The van der Waals surface area contributed by atoms with Gasteiger partial charge in [0.15, 0.2) is 11.8 Å². The van der Waals surface area contributed by atoms with E-state index in [0.29, 0.717) is 6.54 Å². The lowest BCUT2D eigenvalue weighted by molar-refractivity contribution is 0.371. The number of nitrogens with one attached hydrogen (secondary N) is 1. The number of benzene rings is 1. The van der Waals surface area contributed by atoms with Crippen LogP contribution >= 0.6 is 35.7 Å². The predicted molar refractivity (Wildman–Crippen MR) is 134 cm³/mol. The van der Waals surface area contributed by atoms with Crippen molar-refractivity contribution in [1.82, 2.24) is 25.0 Å². The minimum Gasteiger partial charge on any atom is -0.368 e. The minimum atomic E-state index is 0. The molecule has 0 bridgehead atoms. The number of anilines is 1. The van der Waals surface area contributed by atoms with Crippen molar-refractivity contribution in [2.75, 3.05) is 49.6 Å². The van der Waals surface area contributed by atoms with Gasteiger partial charge in [0.2, 0.25) is 0 Å². The second-order valence-electron chi connectivity index (χ2n) is 6.95. The molecule has 0 unspecified atom stereocenters. The van der Waals surface area contributed by atoms with Crippen LogP contribution in [0.5, 0.6) is 0 Å². The quantitative estimate of drug-likeness (QED) is 0.258. The van der Waals surface area contributed by atoms with Gasteiger partial charge in [0.05, 0.1) is 0 Å². The third-order valence-electron chi connectivity index (χ3n) is 5.06. The molecule has 0 radical (unpaired) electrons. The number of hydrogen-bond donors (Lipinski definition) is 1. The van der Waals surface area contributed by atoms with E-state index in [1.807, 2.05) is 30.3 Å². The lowest BCUT2D eigenvalue weighted by Crippen LogP contribution is -2.52. The van der Waals surface area contributed by atoms with Gasteiger partial charge in [0, 0.05) is 45.5 Å². The van der Waals surface area contributed by atoms with Crippen molar-refractivity contribution in [3.63, 3.8) is 0 Å². The van der Waals surface area contributed by atoms with Crippen molar-refractivity contribution in [3.8, 4) is 0 Å². The molecule has 2 heterocycles. The van der Waals surface area contributed by atoms with Crippen LogP contribution in [0.4, 0.5) is 5.69 Å². The number of nitrogens with zero attached hydrogens (tertiary/aromatic N) is 6. The van der Waals surface area contributed by atoms with Crippen LogP contribution in [0.1, 0.15) is 18.1 Å². The van der Waals surface area contributed by atoms with E-state index >= 15 is 0 Å². The Morgan fingerprint density at radius 2 is 1.86 bits per heavy atom. The van der Waals surface area contributed by atoms with Crippen LogP contribution in [-0.4, -0.2) is 70.4 Å². The highest BCUT2D eigenvalue weighted by Crippen LogP contribution is 2.15. The second kappa shape index (κ2) is 12.3. The first-order valence-electron chi connectivity index (χ1n) is 9.86. The van der Waals surface area contributed by atoms with E-state index in [0.717, 1.165) is 62.5 Å². The van der Waals surface area contributed by atoms with Crippen LogP contribution < -0.4 is 10.2 Å². The summed E-state index contributed by atoms with van der Waals surface area (Å²) in [5.41, 5.74) is 1.29. The van der Waals surface area contributed by atoms with Crippen LogP contribution in [0.3, 0.4) is 0 Å². The van der Waals surface area contributed by atoms with Crippen molar-refractivity contribution in [3.05, 3.63) is 42.0 Å². The van der Waals surface area contributed by atoms with Crippen LogP contribution in [0.15, 0.2) is 35.3 Å². The molecule has 0 atom stereocenters. The Hall–Kier alpha value is -1.49. The molecule has 1 aromatic heterocycles. The van der Waals surface area contributed by atoms with Crippen molar-refractivity contribution < 1.29 is 0 Å². The lowest BCUT2D eigenvalue weighted by Gasteiger charge is -2.37. The molecule has 7 nitrogen and oxygen atoms in total. The number of aryl methyl sites for hydroxylation is 1. The summed E-state index contributed by atoms with van der Waals surface area (Å²) in [6, 6.07) is 10.6. The third-order valence-corrected chi connectivity index (χ3v) is 5.76. The maximum Gasteiger partial charge on any atom is 0.194 e. The predicted octanol–water partition coefficient (Wildman–Crippen LogP) is 2.76. The number of thioether (sulfide) groups is 1. The molecule has 1 aromatic carbocycles. The van der Waals surface area contributed by atoms with E-state index in [1.165, 1.54) is 5.69 Å². The van der Waals surface area contributed by atoms with Crippen molar-refractivity contribution >= 4 is 47.4 Å². The average Bonchev–Trinajstić information content (AvgIpc) is 3.06. The van der Waals surface area contributed by atoms with Gasteiger partial charge in [-0.1, -0.05) is 18.2 Å². The topological polar surface area (TPSA) is 61.6 Å². The third kappa shape index (κ3) is 6.77. The highest BCUT2D eigenvalue weighted by atomic mass is 127. The summed E-state index contributed by atoms with van der Waals surface area (Å²) in [5.74, 6) is 3.94. The first-order valence-corrected chi connectivity index (χ1v) is 11.3. The monoisotopic (exact) mass is 529 g/mol. The van der Waals surface area contributed by atoms with Crippen molar-refractivity contribution in [2.45, 2.75) is 19.9 Å². The van der Waals surface area contributed by atoms with Gasteiger partial charge in [-0.2, -0.15) is 11.8 Å². The molecule has 29 heavy (non-hydrogen) atoms. The number of halogens is 1. The SMILES string of the molecule is CSCCCNC(=NCc1nnc(C)n1C)N1CCN(c2ccccc2)CC1.I. The molecule has 160 valence electrons. The smallest absolute Gasteiger partial charge is 0.194 e. The number of para-hydroxylation sites is 1. The highest BCUT2D eigenvalue weighted by molar-refractivity contribution is 14.0. The fourth-order valence-electron chi connectivity index (χ4n) is 3.23. The molecule has 3 rings (SSSR count). The van der Waals surface area contributed by atoms with Crippen molar-refractivity contribution in [1.29, 1.82) is 0 Å². The van der Waals surface area contributed by atoms with E-state index in [-0.39, 0.29) is 24.0 Å². The number of guanidine groups is 1. The van der Waals surface area contributed by atoms with Crippen LogP contribution in [-0.2, 0) is 13.6 Å². The number of aromatic nitrogens is 3. The van der Waals surface area contributed by atoms with Gasteiger partial charge in [-0.05, 0) is 37.5 Å². The molecule has 9 heteroatoms. The maximum absolute atomic E-state index is 4.87. The number of rotatable bonds is 7. The first kappa shape index (κ1) is 23.8. The normalized spacial score (nSPS) is 14.7. The molecule has 0 aliphatic carbocycles. The average molecular weight is 529 g/mol. The zero-order valence-corrected chi connectivity index (χ0v) is 20.7. The molecular formula is C20H32IN7S. The van der Waals surface area contributed by atoms with Gasteiger partial charge in [-0.3, -0.25) is 0 Å². The summed E-state index contributed by atoms with van der Waals surface area (Å²) < 4.78 is 2.00. The largest absolute Gasteiger partial charge is 0.368 e. The molecule has 0 amide bonds. The van der Waals surface area contributed by atoms with E-state index < -0.39 is 0 Å². The number of aliphatic imine (C=N–C) groups is 1. The Bertz CT molecular complexity index is 757. The minimum absolute atomic E-state index is 0. The number of piperazine rings is 1. The van der Waals surface area contributed by atoms with Crippen molar-refractivity contribution in [2.24, 2.45) is 12.0 Å². The fourth-order valence-corrected chi connectivity index (χ4v) is 3.67. The Kier molecular flexibility index (Phi) is 10.1. The highest BCUT2D eigenvalue weighted by Gasteiger charge is 2.20. The molecule has 1 aliphatic rings. The zero-order chi connectivity index (χ0) is 19.8. The molecule has 1 fully saturated rings. The molecular weight excluding hydrogens is 497 g/mol. The van der Waals surface area contributed by atoms with Gasteiger partial charge in [0.25, 0.3) is 0 Å². The molecule has 1 aliphatic heterocycles. The number of hydrogen-bond acceptors (Lipinski definition) is 5. The van der Waals surface area contributed by atoms with Crippen LogP contribution in [0.2, 0.25) is 0 Å². The molecule has 2 aromatic rings. The van der Waals surface area contributed by atoms with Gasteiger partial charge >= 0.3 is 0 Å². The van der Waals surface area contributed by atoms with Gasteiger partial charge < -0.3 is 19.7 Å². The van der Waals surface area contributed by atoms with Gasteiger partial charge in [-0.25, -0.2) is 4.99 Å². The first-order chi connectivity index (χ1) is 13.7. The Morgan fingerprint density at radius 1 is 1.14 bits per heavy atom. The Morgan fingerprint density at radius 3 is 2.48 bits per heavy atom. The van der Waals surface area contributed by atoms with E-state index in [1.54, 1.807) is 0 Å². The van der Waals surface area contributed by atoms with E-state index in [2.05, 4.69) is 61.9 Å². The molecule has 1 saturated heterocycles. The summed E-state index contributed by atoms with van der Waals surface area (Å²) in [6.45, 7) is 7.36. The summed E-state index contributed by atoms with van der Waals surface area (Å²) >= 11 is 1.88. The lowest BCUT2D eigenvalue weighted by atomic mass is 10.2. The zero-order valence-electron chi connectivity index (χ0n) is 17.5. The Balaban J connectivity index is 0.00000300. The molecule has 1 N–H and O–H groups in total. The standard InChI is InChI=1S/C20H31N7S.HI/c1-17-23-24-19(25(17)2)16-22-20(21-10-7-15-28-3)27-13-11-26(12-14-27)18-8-5-4-6-9-18;/h4-6,8-9H,7,10-16H2,1-3H3,(H,21,22);1H. The summed E-state index contributed by atoms with van der Waals surface area (Å²) in [7, 11) is 1.99. The summed E-state index contributed by atoms with van der Waals surface area (Å²) in [6.07, 6.45) is 3.28. The second-order valence-corrected chi connectivity index (χ2v) is 7.93. The van der Waals surface area contributed by atoms with Crippen LogP contribution in [0, 0.1) is 6.92 Å².